The molecule has 3 rings (SSSR count). The number of anilines is 1. The molecule has 0 atom stereocenters. The third kappa shape index (κ3) is 3.22. The van der Waals surface area contributed by atoms with E-state index in [9.17, 15) is 18.8 Å². The Morgan fingerprint density at radius 3 is 2.27 bits per heavy atom. The summed E-state index contributed by atoms with van der Waals surface area (Å²) in [4.78, 5) is 37.5. The molecule has 0 bridgehead atoms. The number of imide groups is 1. The fraction of sp³-hybridized carbons (Fsp3) is 0.250. The van der Waals surface area contributed by atoms with Gasteiger partial charge in [-0.25, -0.2) is 4.39 Å². The van der Waals surface area contributed by atoms with Crippen LogP contribution < -0.4 is 5.32 Å². The predicted molar refractivity (Wildman–Crippen MR) is 95.5 cm³/mol. The second-order valence-electron chi connectivity index (χ2n) is 7.23. The Labute approximate surface area is 150 Å². The molecule has 1 N–H and O–H groups in total. The number of nitrogens with zero attached hydrogens (tertiary/aromatic N) is 1. The van der Waals surface area contributed by atoms with Crippen LogP contribution in [0.4, 0.5) is 10.1 Å². The smallest absolute Gasteiger partial charge is 0.265 e. The van der Waals surface area contributed by atoms with Crippen molar-refractivity contribution < 1.29 is 18.8 Å². The van der Waals surface area contributed by atoms with Crippen molar-refractivity contribution in [2.24, 2.45) is 0 Å². The largest absolute Gasteiger partial charge is 0.325 e. The number of hydrogen-bond acceptors (Lipinski definition) is 3. The van der Waals surface area contributed by atoms with Gasteiger partial charge in [-0.15, -0.1) is 0 Å². The van der Waals surface area contributed by atoms with E-state index in [0.29, 0.717) is 5.69 Å². The maximum atomic E-state index is 13.8. The van der Waals surface area contributed by atoms with Crippen LogP contribution in [0, 0.1) is 5.82 Å². The highest BCUT2D eigenvalue weighted by atomic mass is 19.1. The van der Waals surface area contributed by atoms with Crippen LogP contribution in [0.5, 0.6) is 0 Å². The van der Waals surface area contributed by atoms with Gasteiger partial charge in [0.05, 0.1) is 11.1 Å². The van der Waals surface area contributed by atoms with Crippen molar-refractivity contribution in [2.45, 2.75) is 26.2 Å². The second kappa shape index (κ2) is 6.37. The molecule has 0 unspecified atom stereocenters. The highest BCUT2D eigenvalue weighted by Crippen LogP contribution is 2.26. The normalized spacial score (nSPS) is 13.8. The van der Waals surface area contributed by atoms with E-state index in [2.05, 4.69) is 26.1 Å². The molecule has 0 aromatic heterocycles. The van der Waals surface area contributed by atoms with E-state index < -0.39 is 30.1 Å². The van der Waals surface area contributed by atoms with Crippen LogP contribution in [-0.4, -0.2) is 29.2 Å². The highest BCUT2D eigenvalue weighted by Gasteiger charge is 2.38. The molecule has 6 heteroatoms. The maximum absolute atomic E-state index is 13.8. The molecule has 0 spiro atoms. The number of carbonyl (C=O) groups excluding carboxylic acids is 3. The molecule has 134 valence electrons. The monoisotopic (exact) mass is 354 g/mol. The average Bonchev–Trinajstić information content (AvgIpc) is 2.80. The van der Waals surface area contributed by atoms with Gasteiger partial charge in [-0.3, -0.25) is 19.3 Å². The van der Waals surface area contributed by atoms with Crippen molar-refractivity contribution >= 4 is 23.4 Å². The fourth-order valence-electron chi connectivity index (χ4n) is 2.83. The van der Waals surface area contributed by atoms with Crippen LogP contribution in [0.2, 0.25) is 0 Å². The molecular weight excluding hydrogens is 335 g/mol. The lowest BCUT2D eigenvalue weighted by Crippen LogP contribution is -2.37. The minimum Gasteiger partial charge on any atom is -0.325 e. The number of nitrogens with one attached hydrogen (secondary N) is 1. The summed E-state index contributed by atoms with van der Waals surface area (Å²) in [6.45, 7) is 5.79. The number of hydrogen-bond donors (Lipinski definition) is 1. The number of carbonyl (C=O) groups is 3. The number of rotatable bonds is 3. The molecule has 1 aliphatic rings. The summed E-state index contributed by atoms with van der Waals surface area (Å²) in [5.41, 5.74) is 1.38. The number of benzene rings is 2. The van der Waals surface area contributed by atoms with E-state index in [1.54, 1.807) is 12.1 Å². The number of amides is 3. The molecule has 1 heterocycles. The van der Waals surface area contributed by atoms with E-state index in [1.807, 2.05) is 12.1 Å². The van der Waals surface area contributed by atoms with Crippen LogP contribution in [0.15, 0.2) is 42.5 Å². The summed E-state index contributed by atoms with van der Waals surface area (Å²) in [5, 5.41) is 2.65. The third-order valence-electron chi connectivity index (χ3n) is 4.28. The number of fused-ring (bicyclic) bond motifs is 1. The Morgan fingerprint density at radius 2 is 1.69 bits per heavy atom. The zero-order valence-electron chi connectivity index (χ0n) is 14.8. The summed E-state index contributed by atoms with van der Waals surface area (Å²) in [7, 11) is 0. The summed E-state index contributed by atoms with van der Waals surface area (Å²) in [6, 6.07) is 11.2. The zero-order valence-corrected chi connectivity index (χ0v) is 14.8. The van der Waals surface area contributed by atoms with Crippen LogP contribution in [0.1, 0.15) is 47.1 Å². The quantitative estimate of drug-likeness (QED) is 0.860. The second-order valence-corrected chi connectivity index (χ2v) is 7.23. The van der Waals surface area contributed by atoms with Gasteiger partial charge in [0, 0.05) is 5.69 Å². The first-order chi connectivity index (χ1) is 12.2. The minimum absolute atomic E-state index is 0.00717. The van der Waals surface area contributed by atoms with Gasteiger partial charge in [-0.1, -0.05) is 39.0 Å². The van der Waals surface area contributed by atoms with Gasteiger partial charge in [-0.05, 0) is 35.2 Å². The highest BCUT2D eigenvalue weighted by molar-refractivity contribution is 6.22. The lowest BCUT2D eigenvalue weighted by atomic mass is 9.87. The predicted octanol–water partition coefficient (Wildman–Crippen LogP) is 3.36. The molecule has 2 aromatic rings. The Hall–Kier alpha value is -3.02. The Morgan fingerprint density at radius 1 is 1.04 bits per heavy atom. The average molecular weight is 354 g/mol. The maximum Gasteiger partial charge on any atom is 0.265 e. The van der Waals surface area contributed by atoms with Crippen LogP contribution in [0.25, 0.3) is 0 Å². The van der Waals surface area contributed by atoms with Crippen molar-refractivity contribution in [1.29, 1.82) is 0 Å². The molecular formula is C20H19FN2O3. The summed E-state index contributed by atoms with van der Waals surface area (Å²) >= 11 is 0. The number of halogens is 1. The van der Waals surface area contributed by atoms with Crippen LogP contribution in [-0.2, 0) is 10.2 Å². The zero-order chi connectivity index (χ0) is 19.1. The first-order valence-corrected chi connectivity index (χ1v) is 8.23. The molecule has 0 radical (unpaired) electrons. The van der Waals surface area contributed by atoms with E-state index in [0.717, 1.165) is 16.5 Å². The topological polar surface area (TPSA) is 66.5 Å². The van der Waals surface area contributed by atoms with E-state index in [-0.39, 0.29) is 16.5 Å². The Kier molecular flexibility index (Phi) is 4.36. The van der Waals surface area contributed by atoms with E-state index in [4.69, 9.17) is 0 Å². The molecule has 2 aromatic carbocycles. The first kappa shape index (κ1) is 17.8. The molecule has 0 saturated carbocycles. The van der Waals surface area contributed by atoms with Crippen molar-refractivity contribution in [3.63, 3.8) is 0 Å². The lowest BCUT2D eigenvalue weighted by Gasteiger charge is -2.19. The van der Waals surface area contributed by atoms with Crippen molar-refractivity contribution in [3.8, 4) is 0 Å². The molecule has 26 heavy (non-hydrogen) atoms. The third-order valence-corrected chi connectivity index (χ3v) is 4.28. The fourth-order valence-corrected chi connectivity index (χ4v) is 2.83. The van der Waals surface area contributed by atoms with Gasteiger partial charge in [0.1, 0.15) is 12.4 Å². The lowest BCUT2D eigenvalue weighted by molar-refractivity contribution is -0.116. The first-order valence-electron chi connectivity index (χ1n) is 8.23. The van der Waals surface area contributed by atoms with Gasteiger partial charge >= 0.3 is 0 Å². The SMILES string of the molecule is CC(C)(C)c1ccc(NC(=O)CN2C(=O)c3cccc(F)c3C2=O)cc1. The summed E-state index contributed by atoms with van der Waals surface area (Å²) < 4.78 is 13.8. The van der Waals surface area contributed by atoms with Gasteiger partial charge in [0.2, 0.25) is 5.91 Å². The standard InChI is InChI=1S/C20H19FN2O3/c1-20(2,3)12-7-9-13(10-8-12)22-16(24)11-23-18(25)14-5-4-6-15(21)17(14)19(23)26/h4-10H,11H2,1-3H3,(H,22,24). The van der Waals surface area contributed by atoms with Crippen LogP contribution >= 0.6 is 0 Å². The van der Waals surface area contributed by atoms with Crippen molar-refractivity contribution in [3.05, 3.63) is 65.0 Å². The summed E-state index contributed by atoms with van der Waals surface area (Å²) in [6.07, 6.45) is 0. The molecule has 0 aliphatic carbocycles. The molecule has 1 aliphatic heterocycles. The minimum atomic E-state index is -0.790. The Balaban J connectivity index is 1.71. The van der Waals surface area contributed by atoms with Gasteiger partial charge in [0.25, 0.3) is 11.8 Å². The van der Waals surface area contributed by atoms with E-state index in [1.165, 1.54) is 12.1 Å². The van der Waals surface area contributed by atoms with Crippen molar-refractivity contribution in [1.82, 2.24) is 4.90 Å². The van der Waals surface area contributed by atoms with Gasteiger partial charge < -0.3 is 5.32 Å². The van der Waals surface area contributed by atoms with Crippen molar-refractivity contribution in [2.75, 3.05) is 11.9 Å². The van der Waals surface area contributed by atoms with Gasteiger partial charge in [-0.2, -0.15) is 0 Å². The summed E-state index contributed by atoms with van der Waals surface area (Å²) in [5.74, 6) is -2.74. The van der Waals surface area contributed by atoms with E-state index >= 15 is 0 Å². The molecule has 3 amide bonds. The molecule has 5 nitrogen and oxygen atoms in total. The molecule has 0 saturated heterocycles. The van der Waals surface area contributed by atoms with Gasteiger partial charge in [0.15, 0.2) is 0 Å². The van der Waals surface area contributed by atoms with Crippen LogP contribution in [0.3, 0.4) is 0 Å². The Bertz CT molecular complexity index is 898. The molecule has 0 fully saturated rings.